The number of hydrogen-bond donors (Lipinski definition) is 3. The zero-order valence-corrected chi connectivity index (χ0v) is 20.5. The lowest BCUT2D eigenvalue weighted by Crippen LogP contribution is -2.36. The summed E-state index contributed by atoms with van der Waals surface area (Å²) in [5, 5.41) is 16.2. The molecule has 3 N–H and O–H groups in total. The van der Waals surface area contributed by atoms with Crippen LogP contribution >= 0.6 is 0 Å². The predicted octanol–water partition coefficient (Wildman–Crippen LogP) is 6.49. The van der Waals surface area contributed by atoms with Crippen molar-refractivity contribution in [1.82, 2.24) is 5.32 Å². The van der Waals surface area contributed by atoms with E-state index in [-0.39, 0.29) is 17.8 Å². The summed E-state index contributed by atoms with van der Waals surface area (Å²) in [4.78, 5) is 17.6. The van der Waals surface area contributed by atoms with Gasteiger partial charge in [0, 0.05) is 24.0 Å². The fourth-order valence-corrected chi connectivity index (χ4v) is 3.91. The molecular formula is C29H35N3O2. The standard InChI is InChI=1S/C29H35N3O2/c1-20(2)25-14-10-15-26(21(3)4)28(25)32-29(34)31-19-24(17-22-11-6-5-7-12-22)30-18-23-13-8-9-16-27(23)33/h5-16,18,20-21,24,33H,17,19H2,1-4H3,(H2,31,32,34)/t24-/m0/s1. The number of phenolic OH excluding ortho intramolecular Hbond substituents is 1. The van der Waals surface area contributed by atoms with E-state index in [1.54, 1.807) is 18.3 Å². The Kier molecular flexibility index (Phi) is 8.86. The summed E-state index contributed by atoms with van der Waals surface area (Å²) in [6.07, 6.45) is 2.35. The van der Waals surface area contributed by atoms with Crippen LogP contribution in [0.25, 0.3) is 0 Å². The van der Waals surface area contributed by atoms with Crippen LogP contribution in [-0.4, -0.2) is 29.9 Å². The van der Waals surface area contributed by atoms with E-state index < -0.39 is 0 Å². The second kappa shape index (κ2) is 12.0. The lowest BCUT2D eigenvalue weighted by molar-refractivity contribution is 0.251. The summed E-state index contributed by atoms with van der Waals surface area (Å²) >= 11 is 0. The molecule has 0 radical (unpaired) electrons. The lowest BCUT2D eigenvalue weighted by atomic mass is 9.93. The number of aliphatic imine (C=N–C) groups is 1. The molecule has 34 heavy (non-hydrogen) atoms. The number of carbonyl (C=O) groups excluding carboxylic acids is 1. The molecule has 0 saturated carbocycles. The molecule has 2 amide bonds. The monoisotopic (exact) mass is 457 g/mol. The number of amides is 2. The van der Waals surface area contributed by atoms with Crippen molar-refractivity contribution in [3.63, 3.8) is 0 Å². The van der Waals surface area contributed by atoms with Crippen LogP contribution < -0.4 is 10.6 Å². The highest BCUT2D eigenvalue weighted by molar-refractivity contribution is 5.91. The van der Waals surface area contributed by atoms with Gasteiger partial charge in [-0.2, -0.15) is 0 Å². The molecule has 0 heterocycles. The first-order chi connectivity index (χ1) is 16.3. The maximum absolute atomic E-state index is 12.9. The molecule has 0 unspecified atom stereocenters. The SMILES string of the molecule is CC(C)c1cccc(C(C)C)c1NC(=O)NC[C@H](Cc1ccccc1)N=Cc1ccccc1O. The van der Waals surface area contributed by atoms with Crippen LogP contribution in [0.2, 0.25) is 0 Å². The highest BCUT2D eigenvalue weighted by Crippen LogP contribution is 2.32. The summed E-state index contributed by atoms with van der Waals surface area (Å²) in [5.74, 6) is 0.771. The summed E-state index contributed by atoms with van der Waals surface area (Å²) in [7, 11) is 0. The third kappa shape index (κ3) is 6.95. The lowest BCUT2D eigenvalue weighted by Gasteiger charge is -2.21. The van der Waals surface area contributed by atoms with Gasteiger partial charge in [0.1, 0.15) is 5.75 Å². The van der Waals surface area contributed by atoms with E-state index in [2.05, 4.69) is 68.7 Å². The van der Waals surface area contributed by atoms with Crippen molar-refractivity contribution >= 4 is 17.9 Å². The van der Waals surface area contributed by atoms with Gasteiger partial charge in [0.05, 0.1) is 6.04 Å². The Morgan fingerprint density at radius 1 is 0.882 bits per heavy atom. The van der Waals surface area contributed by atoms with Crippen molar-refractivity contribution in [3.8, 4) is 5.75 Å². The van der Waals surface area contributed by atoms with Crippen LogP contribution in [-0.2, 0) is 6.42 Å². The van der Waals surface area contributed by atoms with E-state index in [1.165, 1.54) is 0 Å². The van der Waals surface area contributed by atoms with Gasteiger partial charge in [0.2, 0.25) is 0 Å². The van der Waals surface area contributed by atoms with Crippen LogP contribution in [0.4, 0.5) is 10.5 Å². The smallest absolute Gasteiger partial charge is 0.319 e. The van der Waals surface area contributed by atoms with Gasteiger partial charge in [-0.05, 0) is 47.1 Å². The number of para-hydroxylation sites is 2. The molecule has 5 nitrogen and oxygen atoms in total. The number of benzene rings is 3. The number of phenols is 1. The van der Waals surface area contributed by atoms with Gasteiger partial charge in [-0.25, -0.2) is 4.79 Å². The van der Waals surface area contributed by atoms with E-state index in [9.17, 15) is 9.90 Å². The van der Waals surface area contributed by atoms with Gasteiger partial charge in [-0.3, -0.25) is 4.99 Å². The van der Waals surface area contributed by atoms with Crippen LogP contribution in [0.1, 0.15) is 61.8 Å². The number of nitrogens with zero attached hydrogens (tertiary/aromatic N) is 1. The second-order valence-electron chi connectivity index (χ2n) is 9.14. The molecule has 0 saturated heterocycles. The molecule has 0 aliphatic carbocycles. The number of hydrogen-bond acceptors (Lipinski definition) is 3. The number of urea groups is 1. The van der Waals surface area contributed by atoms with Crippen LogP contribution in [0.3, 0.4) is 0 Å². The Morgan fingerprint density at radius 3 is 2.12 bits per heavy atom. The topological polar surface area (TPSA) is 73.7 Å². The van der Waals surface area contributed by atoms with Crippen LogP contribution in [0.15, 0.2) is 77.8 Å². The van der Waals surface area contributed by atoms with Crippen molar-refractivity contribution in [2.24, 2.45) is 4.99 Å². The van der Waals surface area contributed by atoms with E-state index >= 15 is 0 Å². The molecule has 0 aliphatic heterocycles. The van der Waals surface area contributed by atoms with Gasteiger partial charge in [-0.1, -0.05) is 88.4 Å². The first kappa shape index (κ1) is 25.0. The fraction of sp³-hybridized carbons (Fsp3) is 0.310. The Bertz CT molecular complexity index is 1080. The van der Waals surface area contributed by atoms with Gasteiger partial charge in [-0.15, -0.1) is 0 Å². The molecule has 0 aromatic heterocycles. The molecule has 3 aromatic rings. The largest absolute Gasteiger partial charge is 0.507 e. The summed E-state index contributed by atoms with van der Waals surface area (Å²) in [6, 6.07) is 22.9. The van der Waals surface area contributed by atoms with Crippen molar-refractivity contribution in [3.05, 3.63) is 95.1 Å². The maximum atomic E-state index is 12.9. The minimum absolute atomic E-state index is 0.182. The van der Waals surface area contributed by atoms with E-state index in [1.807, 2.05) is 30.3 Å². The van der Waals surface area contributed by atoms with Crippen molar-refractivity contribution in [1.29, 1.82) is 0 Å². The van der Waals surface area contributed by atoms with Crippen LogP contribution in [0, 0.1) is 0 Å². The zero-order chi connectivity index (χ0) is 24.5. The molecule has 5 heteroatoms. The van der Waals surface area contributed by atoms with Gasteiger partial charge in [0.15, 0.2) is 0 Å². The third-order valence-electron chi connectivity index (χ3n) is 5.79. The highest BCUT2D eigenvalue weighted by Gasteiger charge is 2.17. The Morgan fingerprint density at radius 2 is 1.50 bits per heavy atom. The molecule has 178 valence electrons. The number of nitrogens with one attached hydrogen (secondary N) is 2. The number of anilines is 1. The molecule has 0 bridgehead atoms. The summed E-state index contributed by atoms with van der Waals surface area (Å²) < 4.78 is 0. The number of carbonyl (C=O) groups is 1. The molecule has 0 spiro atoms. The molecular weight excluding hydrogens is 422 g/mol. The quantitative estimate of drug-likeness (QED) is 0.321. The molecule has 0 fully saturated rings. The zero-order valence-electron chi connectivity index (χ0n) is 20.5. The summed E-state index contributed by atoms with van der Waals surface area (Å²) in [6.45, 7) is 8.89. The minimum atomic E-state index is -0.245. The minimum Gasteiger partial charge on any atom is -0.507 e. The predicted molar refractivity (Wildman–Crippen MR) is 141 cm³/mol. The van der Waals surface area contributed by atoms with E-state index in [0.29, 0.717) is 30.4 Å². The Hall–Kier alpha value is -3.60. The number of rotatable bonds is 9. The van der Waals surface area contributed by atoms with Gasteiger partial charge < -0.3 is 15.7 Å². The average Bonchev–Trinajstić information content (AvgIpc) is 2.82. The molecule has 1 atom stereocenters. The normalized spacial score (nSPS) is 12.3. The molecule has 0 aliphatic rings. The Balaban J connectivity index is 1.75. The average molecular weight is 458 g/mol. The Labute approximate surface area is 203 Å². The van der Waals surface area contributed by atoms with Gasteiger partial charge in [0.25, 0.3) is 0 Å². The van der Waals surface area contributed by atoms with Crippen LogP contribution in [0.5, 0.6) is 5.75 Å². The first-order valence-electron chi connectivity index (χ1n) is 11.9. The summed E-state index contributed by atoms with van der Waals surface area (Å²) in [5.41, 5.74) is 4.93. The second-order valence-corrected chi connectivity index (χ2v) is 9.14. The van der Waals surface area contributed by atoms with E-state index in [0.717, 1.165) is 22.4 Å². The molecule has 3 aromatic carbocycles. The van der Waals surface area contributed by atoms with Gasteiger partial charge >= 0.3 is 6.03 Å². The highest BCUT2D eigenvalue weighted by atomic mass is 16.3. The van der Waals surface area contributed by atoms with Crippen molar-refractivity contribution < 1.29 is 9.90 Å². The number of aromatic hydroxyl groups is 1. The van der Waals surface area contributed by atoms with Crippen molar-refractivity contribution in [2.75, 3.05) is 11.9 Å². The maximum Gasteiger partial charge on any atom is 0.319 e. The fourth-order valence-electron chi connectivity index (χ4n) is 3.91. The molecule has 3 rings (SSSR count). The van der Waals surface area contributed by atoms with Crippen molar-refractivity contribution in [2.45, 2.75) is 52.0 Å². The third-order valence-corrected chi connectivity index (χ3v) is 5.79. The van der Waals surface area contributed by atoms with E-state index in [4.69, 9.17) is 4.99 Å². The first-order valence-corrected chi connectivity index (χ1v) is 11.9.